The zero-order valence-electron chi connectivity index (χ0n) is 12.9. The molecule has 3 heteroatoms. The SMILES string of the molecule is CN(CCNC1CC(C)(C)Oc2ccccc21)C1CC1. The van der Waals surface area contributed by atoms with E-state index in [-0.39, 0.29) is 5.60 Å². The Morgan fingerprint density at radius 1 is 1.30 bits per heavy atom. The van der Waals surface area contributed by atoms with E-state index in [4.69, 9.17) is 4.74 Å². The molecular weight excluding hydrogens is 248 g/mol. The van der Waals surface area contributed by atoms with Crippen LogP contribution in [0.1, 0.15) is 44.7 Å². The number of hydrogen-bond donors (Lipinski definition) is 1. The minimum atomic E-state index is -0.0889. The Morgan fingerprint density at radius 3 is 2.80 bits per heavy atom. The molecule has 1 aromatic carbocycles. The van der Waals surface area contributed by atoms with Crippen molar-refractivity contribution in [3.05, 3.63) is 29.8 Å². The molecule has 2 aliphatic rings. The smallest absolute Gasteiger partial charge is 0.124 e. The fourth-order valence-corrected chi connectivity index (χ4v) is 3.10. The van der Waals surface area contributed by atoms with Crippen molar-refractivity contribution in [3.63, 3.8) is 0 Å². The van der Waals surface area contributed by atoms with E-state index in [0.29, 0.717) is 6.04 Å². The molecule has 1 N–H and O–H groups in total. The molecular formula is C17H26N2O. The summed E-state index contributed by atoms with van der Waals surface area (Å²) in [6.45, 7) is 6.52. The quantitative estimate of drug-likeness (QED) is 0.893. The average molecular weight is 274 g/mol. The van der Waals surface area contributed by atoms with Crippen LogP contribution in [0.25, 0.3) is 0 Å². The molecule has 0 saturated heterocycles. The van der Waals surface area contributed by atoms with E-state index in [1.165, 1.54) is 18.4 Å². The Balaban J connectivity index is 1.62. The second-order valence-electron chi connectivity index (χ2n) is 6.82. The van der Waals surface area contributed by atoms with Gasteiger partial charge in [-0.25, -0.2) is 0 Å². The zero-order chi connectivity index (χ0) is 14.2. The molecule has 1 saturated carbocycles. The highest BCUT2D eigenvalue weighted by Crippen LogP contribution is 2.39. The first-order valence-electron chi connectivity index (χ1n) is 7.77. The molecule has 1 unspecified atom stereocenters. The standard InChI is InChI=1S/C17H26N2O/c1-17(2)12-15(14-6-4-5-7-16(14)20-17)18-10-11-19(3)13-8-9-13/h4-7,13,15,18H,8-12H2,1-3H3. The van der Waals surface area contributed by atoms with Crippen LogP contribution in [-0.2, 0) is 0 Å². The highest BCUT2D eigenvalue weighted by Gasteiger charge is 2.33. The molecule has 0 amide bonds. The number of benzene rings is 1. The van der Waals surface area contributed by atoms with Crippen LogP contribution in [0, 0.1) is 0 Å². The number of rotatable bonds is 5. The fourth-order valence-electron chi connectivity index (χ4n) is 3.10. The van der Waals surface area contributed by atoms with E-state index in [0.717, 1.165) is 31.3 Å². The van der Waals surface area contributed by atoms with Crippen molar-refractivity contribution in [1.29, 1.82) is 0 Å². The number of nitrogens with zero attached hydrogens (tertiary/aromatic N) is 1. The Kier molecular flexibility index (Phi) is 3.74. The number of nitrogens with one attached hydrogen (secondary N) is 1. The van der Waals surface area contributed by atoms with Gasteiger partial charge in [0.05, 0.1) is 0 Å². The molecule has 1 heterocycles. The molecule has 1 aliphatic carbocycles. The Labute approximate surface area is 122 Å². The van der Waals surface area contributed by atoms with Gasteiger partial charge in [0.15, 0.2) is 0 Å². The molecule has 1 atom stereocenters. The predicted molar refractivity (Wildman–Crippen MR) is 82.2 cm³/mol. The largest absolute Gasteiger partial charge is 0.487 e. The van der Waals surface area contributed by atoms with Crippen LogP contribution < -0.4 is 10.1 Å². The van der Waals surface area contributed by atoms with Gasteiger partial charge in [0.1, 0.15) is 11.4 Å². The highest BCUT2D eigenvalue weighted by molar-refractivity contribution is 5.38. The van der Waals surface area contributed by atoms with Gasteiger partial charge in [0.25, 0.3) is 0 Å². The van der Waals surface area contributed by atoms with Crippen LogP contribution in [0.4, 0.5) is 0 Å². The molecule has 0 spiro atoms. The number of para-hydroxylation sites is 1. The summed E-state index contributed by atoms with van der Waals surface area (Å²) < 4.78 is 6.07. The highest BCUT2D eigenvalue weighted by atomic mass is 16.5. The lowest BCUT2D eigenvalue weighted by Gasteiger charge is -2.38. The minimum absolute atomic E-state index is 0.0889. The van der Waals surface area contributed by atoms with Crippen LogP contribution in [0.2, 0.25) is 0 Å². The van der Waals surface area contributed by atoms with Crippen LogP contribution in [0.15, 0.2) is 24.3 Å². The molecule has 3 nitrogen and oxygen atoms in total. The van der Waals surface area contributed by atoms with Gasteiger partial charge >= 0.3 is 0 Å². The molecule has 1 aliphatic heterocycles. The Hall–Kier alpha value is -1.06. The second kappa shape index (κ2) is 5.38. The summed E-state index contributed by atoms with van der Waals surface area (Å²) in [5.41, 5.74) is 1.22. The first-order valence-corrected chi connectivity index (χ1v) is 7.77. The number of ether oxygens (including phenoxy) is 1. The number of hydrogen-bond acceptors (Lipinski definition) is 3. The molecule has 0 bridgehead atoms. The molecule has 110 valence electrons. The summed E-state index contributed by atoms with van der Waals surface area (Å²) in [7, 11) is 2.24. The van der Waals surface area contributed by atoms with Crippen molar-refractivity contribution >= 4 is 0 Å². The van der Waals surface area contributed by atoms with Crippen molar-refractivity contribution in [1.82, 2.24) is 10.2 Å². The summed E-state index contributed by atoms with van der Waals surface area (Å²) in [5.74, 6) is 1.04. The van der Waals surface area contributed by atoms with Gasteiger partial charge in [-0.2, -0.15) is 0 Å². The predicted octanol–water partition coefficient (Wildman–Crippen LogP) is 2.97. The van der Waals surface area contributed by atoms with E-state index in [1.54, 1.807) is 0 Å². The maximum Gasteiger partial charge on any atom is 0.124 e. The molecule has 1 fully saturated rings. The van der Waals surface area contributed by atoms with Crippen LogP contribution in [-0.4, -0.2) is 36.7 Å². The lowest BCUT2D eigenvalue weighted by Crippen LogP contribution is -2.41. The Morgan fingerprint density at radius 2 is 2.05 bits per heavy atom. The minimum Gasteiger partial charge on any atom is -0.487 e. The van der Waals surface area contributed by atoms with Crippen LogP contribution in [0.3, 0.4) is 0 Å². The lowest BCUT2D eigenvalue weighted by atomic mass is 9.90. The first kappa shape index (κ1) is 13.9. The van der Waals surface area contributed by atoms with Crippen molar-refractivity contribution in [2.24, 2.45) is 0 Å². The van der Waals surface area contributed by atoms with E-state index < -0.39 is 0 Å². The number of likely N-dealkylation sites (N-methyl/N-ethyl adjacent to an activating group) is 1. The van der Waals surface area contributed by atoms with E-state index >= 15 is 0 Å². The third kappa shape index (κ3) is 3.15. The Bertz CT molecular complexity index is 468. The van der Waals surface area contributed by atoms with Gasteiger partial charge in [0, 0.05) is 37.2 Å². The van der Waals surface area contributed by atoms with Crippen LogP contribution in [0.5, 0.6) is 5.75 Å². The fraction of sp³-hybridized carbons (Fsp3) is 0.647. The molecule has 0 radical (unpaired) electrons. The topological polar surface area (TPSA) is 24.5 Å². The van der Waals surface area contributed by atoms with Gasteiger partial charge < -0.3 is 15.0 Å². The molecule has 1 aromatic rings. The van der Waals surface area contributed by atoms with Gasteiger partial charge in [-0.1, -0.05) is 18.2 Å². The van der Waals surface area contributed by atoms with E-state index in [9.17, 15) is 0 Å². The average Bonchev–Trinajstić information content (AvgIpc) is 3.21. The maximum absolute atomic E-state index is 6.07. The first-order chi connectivity index (χ1) is 9.55. The number of fused-ring (bicyclic) bond motifs is 1. The van der Waals surface area contributed by atoms with Crippen molar-refractivity contribution in [2.75, 3.05) is 20.1 Å². The van der Waals surface area contributed by atoms with Crippen molar-refractivity contribution in [3.8, 4) is 5.75 Å². The third-order valence-electron chi connectivity index (χ3n) is 4.40. The second-order valence-corrected chi connectivity index (χ2v) is 6.82. The summed E-state index contributed by atoms with van der Waals surface area (Å²) in [5, 5.41) is 3.73. The van der Waals surface area contributed by atoms with Gasteiger partial charge in [-0.15, -0.1) is 0 Å². The summed E-state index contributed by atoms with van der Waals surface area (Å²) in [6.07, 6.45) is 3.78. The van der Waals surface area contributed by atoms with Gasteiger partial charge in [0.2, 0.25) is 0 Å². The molecule has 20 heavy (non-hydrogen) atoms. The normalized spacial score (nSPS) is 24.3. The monoisotopic (exact) mass is 274 g/mol. The summed E-state index contributed by atoms with van der Waals surface area (Å²) >= 11 is 0. The lowest BCUT2D eigenvalue weighted by molar-refractivity contribution is 0.0656. The van der Waals surface area contributed by atoms with Gasteiger partial charge in [-0.05, 0) is 39.8 Å². The van der Waals surface area contributed by atoms with E-state index in [1.807, 2.05) is 0 Å². The third-order valence-corrected chi connectivity index (χ3v) is 4.40. The summed E-state index contributed by atoms with van der Waals surface area (Å²) in [4.78, 5) is 2.48. The van der Waals surface area contributed by atoms with E-state index in [2.05, 4.69) is 55.4 Å². The maximum atomic E-state index is 6.07. The molecule has 0 aromatic heterocycles. The zero-order valence-corrected chi connectivity index (χ0v) is 12.9. The van der Waals surface area contributed by atoms with Crippen molar-refractivity contribution < 1.29 is 4.74 Å². The van der Waals surface area contributed by atoms with Gasteiger partial charge in [-0.3, -0.25) is 0 Å². The van der Waals surface area contributed by atoms with Crippen LogP contribution >= 0.6 is 0 Å². The summed E-state index contributed by atoms with van der Waals surface area (Å²) in [6, 6.07) is 9.68. The van der Waals surface area contributed by atoms with Crippen molar-refractivity contribution in [2.45, 2.75) is 50.8 Å². The molecule has 3 rings (SSSR count).